The molecule has 0 radical (unpaired) electrons. The Balaban J connectivity index is 2.97. The van der Waals surface area contributed by atoms with Crippen LogP contribution >= 0.6 is 0 Å². The Hall–Kier alpha value is -0.860. The van der Waals surface area contributed by atoms with Crippen LogP contribution in [0.5, 0.6) is 0 Å². The number of hydrogen-bond acceptors (Lipinski definition) is 2. The van der Waals surface area contributed by atoms with Crippen LogP contribution in [0.1, 0.15) is 27.7 Å². The summed E-state index contributed by atoms with van der Waals surface area (Å²) in [7, 11) is 0. The molecule has 3 nitrogen and oxygen atoms in total. The maximum atomic E-state index is 11.2. The van der Waals surface area contributed by atoms with E-state index in [1.54, 1.807) is 0 Å². The van der Waals surface area contributed by atoms with E-state index >= 15 is 0 Å². The molecule has 0 aliphatic carbocycles. The van der Waals surface area contributed by atoms with Crippen LogP contribution in [-0.2, 0) is 9.59 Å². The molecule has 1 rings (SSSR count). The third-order valence-electron chi connectivity index (χ3n) is 3.27. The number of nitrogens with one attached hydrogen (secondary N) is 1. The van der Waals surface area contributed by atoms with E-state index < -0.39 is 0 Å². The van der Waals surface area contributed by atoms with Gasteiger partial charge in [0.05, 0.1) is 0 Å². The summed E-state index contributed by atoms with van der Waals surface area (Å²) in [6.45, 7) is 7.63. The van der Waals surface area contributed by atoms with Gasteiger partial charge in [-0.05, 0) is 5.41 Å². The Kier molecular flexibility index (Phi) is 1.98. The molecule has 0 bridgehead atoms. The molecule has 0 aromatic carbocycles. The molecule has 0 aromatic heterocycles. The Morgan fingerprint density at radius 2 is 1.42 bits per heavy atom. The number of carbonyl (C=O) groups excluding carboxylic acids is 2. The summed E-state index contributed by atoms with van der Waals surface area (Å²) in [5, 5.41) is 2.36. The molecule has 3 heteroatoms. The topological polar surface area (TPSA) is 46.2 Å². The van der Waals surface area contributed by atoms with Gasteiger partial charge in [-0.3, -0.25) is 14.9 Å². The van der Waals surface area contributed by atoms with E-state index in [1.165, 1.54) is 0 Å². The van der Waals surface area contributed by atoms with E-state index in [0.717, 1.165) is 0 Å². The summed E-state index contributed by atoms with van der Waals surface area (Å²) in [5.41, 5.74) is -0.223. The van der Waals surface area contributed by atoms with Crippen molar-refractivity contribution in [2.75, 3.05) is 0 Å². The van der Waals surface area contributed by atoms with Gasteiger partial charge in [0.2, 0.25) is 11.8 Å². The summed E-state index contributed by atoms with van der Waals surface area (Å²) in [5.74, 6) is -0.485. The number of hydrogen-bond donors (Lipinski definition) is 1. The summed E-state index contributed by atoms with van der Waals surface area (Å²) in [6.07, 6.45) is 0. The van der Waals surface area contributed by atoms with Crippen molar-refractivity contribution in [3.63, 3.8) is 0 Å². The van der Waals surface area contributed by atoms with E-state index in [1.807, 2.05) is 27.7 Å². The first-order valence-corrected chi connectivity index (χ1v) is 4.22. The molecule has 1 heterocycles. The van der Waals surface area contributed by atoms with Gasteiger partial charge in [0.1, 0.15) is 0 Å². The van der Waals surface area contributed by atoms with Gasteiger partial charge in [0.15, 0.2) is 0 Å². The summed E-state index contributed by atoms with van der Waals surface area (Å²) >= 11 is 0. The summed E-state index contributed by atoms with van der Waals surface area (Å²) in [4.78, 5) is 22.5. The van der Waals surface area contributed by atoms with Crippen LogP contribution in [0.15, 0.2) is 0 Å². The van der Waals surface area contributed by atoms with Crippen LogP contribution in [0, 0.1) is 17.3 Å². The highest BCUT2D eigenvalue weighted by atomic mass is 16.2. The van der Waals surface area contributed by atoms with Gasteiger partial charge in [-0.15, -0.1) is 0 Å². The molecule has 1 saturated heterocycles. The van der Waals surface area contributed by atoms with Gasteiger partial charge in [0.25, 0.3) is 0 Å². The highest BCUT2D eigenvalue weighted by Gasteiger charge is 2.44. The summed E-state index contributed by atoms with van der Waals surface area (Å²) < 4.78 is 0. The van der Waals surface area contributed by atoms with E-state index in [9.17, 15) is 9.59 Å². The number of imide groups is 1. The quantitative estimate of drug-likeness (QED) is 0.548. The molecular weight excluding hydrogens is 154 g/mol. The molecule has 1 aliphatic rings. The second kappa shape index (κ2) is 2.57. The Morgan fingerprint density at radius 3 is 1.75 bits per heavy atom. The van der Waals surface area contributed by atoms with Crippen LogP contribution in [0.25, 0.3) is 0 Å². The van der Waals surface area contributed by atoms with Crippen LogP contribution in [0.2, 0.25) is 0 Å². The average Bonchev–Trinajstić information content (AvgIpc) is 1.99. The molecule has 68 valence electrons. The first-order valence-electron chi connectivity index (χ1n) is 4.22. The number of carbonyl (C=O) groups is 2. The van der Waals surface area contributed by atoms with Crippen molar-refractivity contribution in [3.05, 3.63) is 0 Å². The molecule has 1 N–H and O–H groups in total. The molecule has 2 unspecified atom stereocenters. The van der Waals surface area contributed by atoms with Gasteiger partial charge in [-0.2, -0.15) is 0 Å². The molecule has 0 saturated carbocycles. The van der Waals surface area contributed by atoms with Crippen LogP contribution in [0.3, 0.4) is 0 Å². The highest BCUT2D eigenvalue weighted by Crippen LogP contribution is 2.37. The Morgan fingerprint density at radius 1 is 1.08 bits per heavy atom. The number of amides is 2. The number of piperidine rings is 1. The maximum Gasteiger partial charge on any atom is 0.229 e. The minimum atomic E-state index is -0.223. The minimum Gasteiger partial charge on any atom is -0.296 e. The van der Waals surface area contributed by atoms with Gasteiger partial charge in [-0.1, -0.05) is 27.7 Å². The zero-order valence-corrected chi connectivity index (χ0v) is 7.97. The molecule has 1 fully saturated rings. The first-order chi connectivity index (χ1) is 5.37. The van der Waals surface area contributed by atoms with Crippen molar-refractivity contribution >= 4 is 11.8 Å². The van der Waals surface area contributed by atoms with Crippen molar-refractivity contribution < 1.29 is 9.59 Å². The predicted molar refractivity (Wildman–Crippen MR) is 45.3 cm³/mol. The Bertz CT molecular complexity index is 211. The lowest BCUT2D eigenvalue weighted by Gasteiger charge is -2.39. The lowest BCUT2D eigenvalue weighted by atomic mass is 9.68. The lowest BCUT2D eigenvalue weighted by Crippen LogP contribution is -2.54. The second-order valence-corrected chi connectivity index (χ2v) is 4.12. The third-order valence-corrected chi connectivity index (χ3v) is 3.27. The Labute approximate surface area is 72.5 Å². The van der Waals surface area contributed by atoms with Gasteiger partial charge >= 0.3 is 0 Å². The maximum absolute atomic E-state index is 11.2. The largest absolute Gasteiger partial charge is 0.296 e. The van der Waals surface area contributed by atoms with Gasteiger partial charge < -0.3 is 0 Å². The van der Waals surface area contributed by atoms with E-state index in [-0.39, 0.29) is 29.1 Å². The van der Waals surface area contributed by atoms with Crippen molar-refractivity contribution in [2.24, 2.45) is 17.3 Å². The van der Waals surface area contributed by atoms with Gasteiger partial charge in [-0.25, -0.2) is 0 Å². The third kappa shape index (κ3) is 1.13. The molecule has 12 heavy (non-hydrogen) atoms. The molecule has 0 spiro atoms. The van der Waals surface area contributed by atoms with Crippen molar-refractivity contribution in [1.29, 1.82) is 0 Å². The normalized spacial score (nSPS) is 34.7. The smallest absolute Gasteiger partial charge is 0.229 e. The fraction of sp³-hybridized carbons (Fsp3) is 0.778. The summed E-state index contributed by atoms with van der Waals surface area (Å²) in [6, 6.07) is 0. The van der Waals surface area contributed by atoms with Crippen molar-refractivity contribution in [3.8, 4) is 0 Å². The minimum absolute atomic E-state index is 0.0924. The van der Waals surface area contributed by atoms with E-state index in [2.05, 4.69) is 5.32 Å². The van der Waals surface area contributed by atoms with Crippen LogP contribution < -0.4 is 5.32 Å². The van der Waals surface area contributed by atoms with Crippen molar-refractivity contribution in [1.82, 2.24) is 5.32 Å². The second-order valence-electron chi connectivity index (χ2n) is 4.12. The molecule has 1 aliphatic heterocycles. The lowest BCUT2D eigenvalue weighted by molar-refractivity contribution is -0.146. The fourth-order valence-electron chi connectivity index (χ4n) is 1.39. The van der Waals surface area contributed by atoms with E-state index in [0.29, 0.717) is 0 Å². The van der Waals surface area contributed by atoms with Crippen LogP contribution in [0.4, 0.5) is 0 Å². The average molecular weight is 169 g/mol. The molecule has 0 aromatic rings. The standard InChI is InChI=1S/C9H15NO2/c1-5-7(11)10-8(12)6(2)9(5,3)4/h5-6H,1-4H3,(H,10,11,12). The SMILES string of the molecule is CC1C(=O)NC(=O)C(C)C1(C)C. The fourth-order valence-corrected chi connectivity index (χ4v) is 1.39. The zero-order valence-electron chi connectivity index (χ0n) is 7.97. The predicted octanol–water partition coefficient (Wildman–Crippen LogP) is 0.941. The first kappa shape index (κ1) is 9.23. The molecule has 2 atom stereocenters. The molecular formula is C9H15NO2. The van der Waals surface area contributed by atoms with E-state index in [4.69, 9.17) is 0 Å². The van der Waals surface area contributed by atoms with Gasteiger partial charge in [0, 0.05) is 11.8 Å². The zero-order chi connectivity index (χ0) is 9.52. The van der Waals surface area contributed by atoms with Crippen molar-refractivity contribution in [2.45, 2.75) is 27.7 Å². The number of rotatable bonds is 0. The molecule has 2 amide bonds. The monoisotopic (exact) mass is 169 g/mol. The highest BCUT2D eigenvalue weighted by molar-refractivity contribution is 6.00. The van der Waals surface area contributed by atoms with Crippen LogP contribution in [-0.4, -0.2) is 11.8 Å².